The van der Waals surface area contributed by atoms with E-state index in [2.05, 4.69) is 6.92 Å². The maximum atomic E-state index is 11.7. The van der Waals surface area contributed by atoms with Crippen LogP contribution in [0, 0.1) is 5.21 Å². The van der Waals surface area contributed by atoms with Gasteiger partial charge in [-0.3, -0.25) is 0 Å². The Morgan fingerprint density at radius 3 is 2.50 bits per heavy atom. The molecule has 0 atom stereocenters. The van der Waals surface area contributed by atoms with Crippen LogP contribution in [-0.2, 0) is 0 Å². The summed E-state index contributed by atoms with van der Waals surface area (Å²) in [5.41, 5.74) is 0.825. The van der Waals surface area contributed by atoms with E-state index in [0.717, 1.165) is 22.5 Å². The highest BCUT2D eigenvalue weighted by molar-refractivity contribution is 5.77. The van der Waals surface area contributed by atoms with Gasteiger partial charge in [0.1, 0.15) is 0 Å². The smallest absolute Gasteiger partial charge is 0.182 e. The van der Waals surface area contributed by atoms with Crippen molar-refractivity contribution >= 4 is 6.21 Å². The van der Waals surface area contributed by atoms with E-state index in [1.807, 2.05) is 39.0 Å². The molecule has 0 aliphatic heterocycles. The minimum absolute atomic E-state index is 0.0787. The van der Waals surface area contributed by atoms with Crippen molar-refractivity contribution in [2.24, 2.45) is 0 Å². The SMILES string of the molecule is CCCCCCOc1ccc(C=[N+]([O-])C(C)C)cc1OCC. The predicted molar refractivity (Wildman–Crippen MR) is 91.2 cm³/mol. The summed E-state index contributed by atoms with van der Waals surface area (Å²) >= 11 is 0. The Bertz CT molecular complexity index is 469. The summed E-state index contributed by atoms with van der Waals surface area (Å²) in [4.78, 5) is 0. The quantitative estimate of drug-likeness (QED) is 0.212. The number of ether oxygens (including phenoxy) is 2. The number of rotatable bonds is 10. The van der Waals surface area contributed by atoms with Gasteiger partial charge in [-0.25, -0.2) is 4.74 Å². The molecule has 4 heteroatoms. The molecule has 4 nitrogen and oxygen atoms in total. The molecule has 0 amide bonds. The summed E-state index contributed by atoms with van der Waals surface area (Å²) in [6.07, 6.45) is 6.28. The minimum Gasteiger partial charge on any atom is -0.624 e. The Labute approximate surface area is 134 Å². The van der Waals surface area contributed by atoms with Crippen LogP contribution in [0.15, 0.2) is 18.2 Å². The average Bonchev–Trinajstić information content (AvgIpc) is 2.49. The number of hydrogen-bond acceptors (Lipinski definition) is 3. The first-order chi connectivity index (χ1) is 10.6. The molecule has 124 valence electrons. The van der Waals surface area contributed by atoms with E-state index in [-0.39, 0.29) is 6.04 Å². The highest BCUT2D eigenvalue weighted by atomic mass is 16.5. The van der Waals surface area contributed by atoms with E-state index in [4.69, 9.17) is 9.47 Å². The van der Waals surface area contributed by atoms with Crippen LogP contribution >= 0.6 is 0 Å². The number of nitrogens with zero attached hydrogens (tertiary/aromatic N) is 1. The van der Waals surface area contributed by atoms with Crippen molar-refractivity contribution in [1.29, 1.82) is 0 Å². The van der Waals surface area contributed by atoms with Crippen LogP contribution in [0.1, 0.15) is 58.9 Å². The molecule has 0 radical (unpaired) electrons. The molecule has 0 saturated carbocycles. The maximum Gasteiger partial charge on any atom is 0.182 e. The van der Waals surface area contributed by atoms with Gasteiger partial charge in [0.15, 0.2) is 23.8 Å². The predicted octanol–water partition coefficient (Wildman–Crippen LogP) is 4.38. The maximum absolute atomic E-state index is 11.7. The molecule has 0 aromatic heterocycles. The molecule has 0 saturated heterocycles. The van der Waals surface area contributed by atoms with Gasteiger partial charge in [0.05, 0.1) is 13.2 Å². The van der Waals surface area contributed by atoms with Crippen molar-refractivity contribution in [2.45, 2.75) is 59.4 Å². The lowest BCUT2D eigenvalue weighted by molar-refractivity contribution is -0.487. The molecule has 0 spiro atoms. The van der Waals surface area contributed by atoms with E-state index >= 15 is 0 Å². The lowest BCUT2D eigenvalue weighted by Crippen LogP contribution is -2.15. The van der Waals surface area contributed by atoms with E-state index < -0.39 is 0 Å². The zero-order valence-corrected chi connectivity index (χ0v) is 14.3. The standard InChI is InChI=1S/C18H29NO3/c1-5-7-8-9-12-22-17-11-10-16(13-18(17)21-6-2)14-19(20)15(3)4/h10-11,13-15H,5-9,12H2,1-4H3. The molecule has 22 heavy (non-hydrogen) atoms. The van der Waals surface area contributed by atoms with Gasteiger partial charge in [-0.1, -0.05) is 26.2 Å². The Morgan fingerprint density at radius 1 is 1.09 bits per heavy atom. The van der Waals surface area contributed by atoms with Gasteiger partial charge < -0.3 is 14.7 Å². The third-order valence-corrected chi connectivity index (χ3v) is 3.31. The van der Waals surface area contributed by atoms with Crippen molar-refractivity contribution in [3.8, 4) is 11.5 Å². The first kappa shape index (κ1) is 18.3. The molecule has 0 bridgehead atoms. The Balaban J connectivity index is 2.75. The van der Waals surface area contributed by atoms with Crippen molar-refractivity contribution < 1.29 is 14.2 Å². The van der Waals surface area contributed by atoms with Gasteiger partial charge in [-0.15, -0.1) is 0 Å². The van der Waals surface area contributed by atoms with Gasteiger partial charge in [0.2, 0.25) is 0 Å². The van der Waals surface area contributed by atoms with Crippen LogP contribution in [-0.4, -0.2) is 30.2 Å². The molecular formula is C18H29NO3. The molecule has 0 fully saturated rings. The van der Waals surface area contributed by atoms with Crippen LogP contribution in [0.3, 0.4) is 0 Å². The van der Waals surface area contributed by atoms with Gasteiger partial charge >= 0.3 is 0 Å². The second kappa shape index (κ2) is 10.1. The molecule has 0 N–H and O–H groups in total. The third kappa shape index (κ3) is 6.37. The fourth-order valence-electron chi connectivity index (χ4n) is 2.00. The molecular weight excluding hydrogens is 278 g/mol. The summed E-state index contributed by atoms with van der Waals surface area (Å²) in [5, 5.41) is 11.7. The first-order valence-corrected chi connectivity index (χ1v) is 8.28. The van der Waals surface area contributed by atoms with E-state index in [0.29, 0.717) is 19.0 Å². The summed E-state index contributed by atoms with van der Waals surface area (Å²) in [6, 6.07) is 5.55. The normalized spacial score (nSPS) is 11.8. The van der Waals surface area contributed by atoms with Crippen molar-refractivity contribution in [2.75, 3.05) is 13.2 Å². The van der Waals surface area contributed by atoms with Crippen LogP contribution in [0.2, 0.25) is 0 Å². The first-order valence-electron chi connectivity index (χ1n) is 8.28. The van der Waals surface area contributed by atoms with Crippen molar-refractivity contribution in [3.63, 3.8) is 0 Å². The number of benzene rings is 1. The molecule has 0 heterocycles. The fourth-order valence-corrected chi connectivity index (χ4v) is 2.00. The third-order valence-electron chi connectivity index (χ3n) is 3.31. The second-order valence-electron chi connectivity index (χ2n) is 5.63. The van der Waals surface area contributed by atoms with Crippen molar-refractivity contribution in [1.82, 2.24) is 0 Å². The summed E-state index contributed by atoms with van der Waals surface area (Å²) in [6.45, 7) is 9.13. The summed E-state index contributed by atoms with van der Waals surface area (Å²) in [5.74, 6) is 1.45. The fraction of sp³-hybridized carbons (Fsp3) is 0.611. The van der Waals surface area contributed by atoms with Crippen molar-refractivity contribution in [3.05, 3.63) is 29.0 Å². The number of hydrogen-bond donors (Lipinski definition) is 0. The zero-order chi connectivity index (χ0) is 16.4. The monoisotopic (exact) mass is 307 g/mol. The molecule has 0 aliphatic rings. The number of hydroxylamine groups is 1. The van der Waals surface area contributed by atoms with Crippen LogP contribution in [0.25, 0.3) is 0 Å². The Morgan fingerprint density at radius 2 is 1.86 bits per heavy atom. The molecule has 1 aromatic carbocycles. The topological polar surface area (TPSA) is 44.5 Å². The van der Waals surface area contributed by atoms with Crippen LogP contribution in [0.5, 0.6) is 11.5 Å². The lowest BCUT2D eigenvalue weighted by atomic mass is 10.2. The van der Waals surface area contributed by atoms with E-state index in [9.17, 15) is 5.21 Å². The highest BCUT2D eigenvalue weighted by Crippen LogP contribution is 2.28. The van der Waals surface area contributed by atoms with Gasteiger partial charge in [0.25, 0.3) is 0 Å². The summed E-state index contributed by atoms with van der Waals surface area (Å²) < 4.78 is 12.4. The van der Waals surface area contributed by atoms with Crippen LogP contribution < -0.4 is 9.47 Å². The zero-order valence-electron chi connectivity index (χ0n) is 14.3. The Hall–Kier alpha value is -1.71. The van der Waals surface area contributed by atoms with Gasteiger partial charge in [0, 0.05) is 5.56 Å². The van der Waals surface area contributed by atoms with Crippen LogP contribution in [0.4, 0.5) is 0 Å². The second-order valence-corrected chi connectivity index (χ2v) is 5.63. The van der Waals surface area contributed by atoms with E-state index in [1.54, 1.807) is 6.21 Å². The molecule has 0 aliphatic carbocycles. The van der Waals surface area contributed by atoms with Gasteiger partial charge in [-0.05, 0) is 45.4 Å². The Kier molecular flexibility index (Phi) is 8.41. The molecule has 1 aromatic rings. The number of unbranched alkanes of at least 4 members (excludes halogenated alkanes) is 3. The summed E-state index contributed by atoms with van der Waals surface area (Å²) in [7, 11) is 0. The average molecular weight is 307 g/mol. The highest BCUT2D eigenvalue weighted by Gasteiger charge is 2.08. The van der Waals surface area contributed by atoms with Gasteiger partial charge in [-0.2, -0.15) is 0 Å². The lowest BCUT2D eigenvalue weighted by Gasteiger charge is -2.13. The van der Waals surface area contributed by atoms with E-state index in [1.165, 1.54) is 19.3 Å². The largest absolute Gasteiger partial charge is 0.624 e. The minimum atomic E-state index is -0.0787. The molecule has 1 rings (SSSR count). The molecule has 0 unspecified atom stereocenters.